The predicted molar refractivity (Wildman–Crippen MR) is 99.4 cm³/mol. The van der Waals surface area contributed by atoms with E-state index in [1.54, 1.807) is 4.90 Å². The number of rotatable bonds is 2. The predicted octanol–water partition coefficient (Wildman–Crippen LogP) is 4.27. The molecule has 2 amide bonds. The lowest BCUT2D eigenvalue weighted by Crippen LogP contribution is -2.42. The quantitative estimate of drug-likeness (QED) is 0.855. The Morgan fingerprint density at radius 2 is 2.00 bits per heavy atom. The van der Waals surface area contributed by atoms with Crippen molar-refractivity contribution < 1.29 is 4.79 Å². The van der Waals surface area contributed by atoms with E-state index in [9.17, 15) is 4.79 Å². The summed E-state index contributed by atoms with van der Waals surface area (Å²) >= 11 is 6.06. The number of anilines is 1. The molecule has 5 heteroatoms. The summed E-state index contributed by atoms with van der Waals surface area (Å²) in [6.45, 7) is 4.68. The van der Waals surface area contributed by atoms with Gasteiger partial charge in [0.25, 0.3) is 0 Å². The Morgan fingerprint density at radius 3 is 2.62 bits per heavy atom. The van der Waals surface area contributed by atoms with E-state index in [1.807, 2.05) is 50.2 Å². The van der Waals surface area contributed by atoms with Gasteiger partial charge in [-0.25, -0.2) is 4.79 Å². The van der Waals surface area contributed by atoms with Crippen molar-refractivity contribution in [2.24, 2.45) is 5.73 Å². The lowest BCUT2D eigenvalue weighted by atomic mass is 10.0. The Kier molecular flexibility index (Phi) is 4.78. The van der Waals surface area contributed by atoms with E-state index < -0.39 is 0 Å². The lowest BCUT2D eigenvalue weighted by Gasteiger charge is -2.24. The molecular formula is C19H22ClN3O. The number of amides is 2. The van der Waals surface area contributed by atoms with Crippen LogP contribution in [0.3, 0.4) is 0 Å². The van der Waals surface area contributed by atoms with Gasteiger partial charge in [-0.2, -0.15) is 0 Å². The third-order valence-electron chi connectivity index (χ3n) is 4.70. The van der Waals surface area contributed by atoms with Crippen LogP contribution in [0.4, 0.5) is 10.5 Å². The van der Waals surface area contributed by atoms with Gasteiger partial charge in [0.2, 0.25) is 0 Å². The van der Waals surface area contributed by atoms with Crippen LogP contribution in [-0.4, -0.2) is 29.6 Å². The maximum Gasteiger partial charge on any atom is 0.322 e. The van der Waals surface area contributed by atoms with Gasteiger partial charge in [0.05, 0.1) is 0 Å². The number of nitrogens with one attached hydrogen (secondary N) is 1. The zero-order valence-electron chi connectivity index (χ0n) is 13.9. The SMILES string of the molecule is Cc1cc(-c2cccc(Cl)c2)ccc1NC(=O)N1CC[C@H](N)[C@@H]1C. The Bertz CT molecular complexity index is 762. The molecule has 0 radical (unpaired) electrons. The molecule has 1 aliphatic heterocycles. The number of halogens is 1. The average molecular weight is 344 g/mol. The van der Waals surface area contributed by atoms with Crippen LogP contribution in [0, 0.1) is 6.92 Å². The fourth-order valence-corrected chi connectivity index (χ4v) is 3.28. The molecule has 24 heavy (non-hydrogen) atoms. The topological polar surface area (TPSA) is 58.4 Å². The summed E-state index contributed by atoms with van der Waals surface area (Å²) in [6, 6.07) is 13.8. The van der Waals surface area contributed by atoms with Crippen molar-refractivity contribution in [2.45, 2.75) is 32.4 Å². The average Bonchev–Trinajstić information content (AvgIpc) is 2.89. The maximum atomic E-state index is 12.5. The fraction of sp³-hybridized carbons (Fsp3) is 0.316. The molecule has 4 nitrogen and oxygen atoms in total. The third-order valence-corrected chi connectivity index (χ3v) is 4.94. The van der Waals surface area contributed by atoms with Gasteiger partial charge in [-0.05, 0) is 61.2 Å². The zero-order chi connectivity index (χ0) is 17.3. The van der Waals surface area contributed by atoms with Crippen LogP contribution >= 0.6 is 11.6 Å². The molecule has 1 aliphatic rings. The first-order valence-corrected chi connectivity index (χ1v) is 8.53. The fourth-order valence-electron chi connectivity index (χ4n) is 3.09. The summed E-state index contributed by atoms with van der Waals surface area (Å²) in [4.78, 5) is 14.3. The third kappa shape index (κ3) is 3.40. The van der Waals surface area contributed by atoms with E-state index in [-0.39, 0.29) is 18.1 Å². The highest BCUT2D eigenvalue weighted by Crippen LogP contribution is 2.27. The van der Waals surface area contributed by atoms with Gasteiger partial charge in [0.15, 0.2) is 0 Å². The number of nitrogens with zero attached hydrogens (tertiary/aromatic N) is 1. The van der Waals surface area contributed by atoms with Crippen molar-refractivity contribution in [1.82, 2.24) is 4.90 Å². The number of urea groups is 1. The van der Waals surface area contributed by atoms with Gasteiger partial charge in [-0.3, -0.25) is 0 Å². The first-order chi connectivity index (χ1) is 11.5. The second-order valence-electron chi connectivity index (χ2n) is 6.36. The van der Waals surface area contributed by atoms with Crippen LogP contribution in [0.2, 0.25) is 5.02 Å². The minimum absolute atomic E-state index is 0.0575. The van der Waals surface area contributed by atoms with Crippen molar-refractivity contribution in [3.63, 3.8) is 0 Å². The maximum absolute atomic E-state index is 12.5. The number of carbonyl (C=O) groups excluding carboxylic acids is 1. The van der Waals surface area contributed by atoms with Crippen LogP contribution in [0.5, 0.6) is 0 Å². The number of carbonyl (C=O) groups is 1. The Labute approximate surface area is 147 Å². The second kappa shape index (κ2) is 6.83. The molecule has 0 aromatic heterocycles. The standard InChI is InChI=1S/C19H22ClN3O/c1-12-10-15(14-4-3-5-16(20)11-14)6-7-18(12)22-19(24)23-9-8-17(21)13(23)2/h3-7,10-11,13,17H,8-9,21H2,1-2H3,(H,22,24)/t13-,17-/m0/s1. The molecule has 0 unspecified atom stereocenters. The minimum atomic E-state index is -0.0888. The number of benzene rings is 2. The van der Waals surface area contributed by atoms with Crippen molar-refractivity contribution in [2.75, 3.05) is 11.9 Å². The van der Waals surface area contributed by atoms with Crippen LogP contribution in [-0.2, 0) is 0 Å². The smallest absolute Gasteiger partial charge is 0.322 e. The number of likely N-dealkylation sites (tertiary alicyclic amines) is 1. The lowest BCUT2D eigenvalue weighted by molar-refractivity contribution is 0.208. The molecule has 0 spiro atoms. The van der Waals surface area contributed by atoms with Gasteiger partial charge in [-0.15, -0.1) is 0 Å². The molecule has 126 valence electrons. The van der Waals surface area contributed by atoms with Crippen LogP contribution in [0.25, 0.3) is 11.1 Å². The Morgan fingerprint density at radius 1 is 1.25 bits per heavy atom. The number of hydrogen-bond acceptors (Lipinski definition) is 2. The van der Waals surface area contributed by atoms with Crippen molar-refractivity contribution >= 4 is 23.3 Å². The molecule has 2 aromatic carbocycles. The summed E-state index contributed by atoms with van der Waals surface area (Å²) in [5.74, 6) is 0. The number of aryl methyl sites for hydroxylation is 1. The zero-order valence-corrected chi connectivity index (χ0v) is 14.7. The molecule has 1 heterocycles. The largest absolute Gasteiger partial charge is 0.326 e. The molecule has 3 rings (SSSR count). The van der Waals surface area contributed by atoms with E-state index in [0.29, 0.717) is 11.6 Å². The molecular weight excluding hydrogens is 322 g/mol. The van der Waals surface area contributed by atoms with Gasteiger partial charge in [-0.1, -0.05) is 29.8 Å². The first kappa shape index (κ1) is 16.8. The molecule has 0 bridgehead atoms. The van der Waals surface area contributed by atoms with Gasteiger partial charge < -0.3 is 16.0 Å². The Hall–Kier alpha value is -2.04. The molecule has 1 saturated heterocycles. The molecule has 2 aromatic rings. The second-order valence-corrected chi connectivity index (χ2v) is 6.79. The van der Waals surface area contributed by atoms with E-state index in [0.717, 1.165) is 28.8 Å². The summed E-state index contributed by atoms with van der Waals surface area (Å²) in [5.41, 5.74) is 9.95. The summed E-state index contributed by atoms with van der Waals surface area (Å²) < 4.78 is 0. The van der Waals surface area contributed by atoms with Crippen molar-refractivity contribution in [3.8, 4) is 11.1 Å². The Balaban J connectivity index is 1.77. The number of nitrogens with two attached hydrogens (primary N) is 1. The van der Waals surface area contributed by atoms with Crippen LogP contribution < -0.4 is 11.1 Å². The van der Waals surface area contributed by atoms with Crippen molar-refractivity contribution in [1.29, 1.82) is 0 Å². The highest BCUT2D eigenvalue weighted by Gasteiger charge is 2.31. The van der Waals surface area contributed by atoms with Gasteiger partial charge in [0, 0.05) is 29.3 Å². The minimum Gasteiger partial charge on any atom is -0.326 e. The summed E-state index contributed by atoms with van der Waals surface area (Å²) in [5, 5.41) is 3.71. The highest BCUT2D eigenvalue weighted by molar-refractivity contribution is 6.30. The first-order valence-electron chi connectivity index (χ1n) is 8.15. The van der Waals surface area contributed by atoms with E-state index in [4.69, 9.17) is 17.3 Å². The van der Waals surface area contributed by atoms with Crippen LogP contribution in [0.15, 0.2) is 42.5 Å². The molecule has 2 atom stereocenters. The monoisotopic (exact) mass is 343 g/mol. The number of hydrogen-bond donors (Lipinski definition) is 2. The van der Waals surface area contributed by atoms with Crippen molar-refractivity contribution in [3.05, 3.63) is 53.1 Å². The van der Waals surface area contributed by atoms with E-state index in [2.05, 4.69) is 11.4 Å². The normalized spacial score (nSPS) is 20.2. The summed E-state index contributed by atoms with van der Waals surface area (Å²) in [6.07, 6.45) is 0.848. The van der Waals surface area contributed by atoms with E-state index in [1.165, 1.54) is 0 Å². The molecule has 3 N–H and O–H groups in total. The van der Waals surface area contributed by atoms with Gasteiger partial charge >= 0.3 is 6.03 Å². The highest BCUT2D eigenvalue weighted by atomic mass is 35.5. The van der Waals surface area contributed by atoms with E-state index >= 15 is 0 Å². The molecule has 1 fully saturated rings. The molecule has 0 aliphatic carbocycles. The molecule has 0 saturated carbocycles. The summed E-state index contributed by atoms with van der Waals surface area (Å²) in [7, 11) is 0. The van der Waals surface area contributed by atoms with Crippen LogP contribution in [0.1, 0.15) is 18.9 Å². The van der Waals surface area contributed by atoms with Gasteiger partial charge in [0.1, 0.15) is 0 Å².